The summed E-state index contributed by atoms with van der Waals surface area (Å²) in [5.74, 6) is -0.111. The second kappa shape index (κ2) is 6.36. The van der Waals surface area contributed by atoms with Gasteiger partial charge in [0.15, 0.2) is 5.78 Å². The summed E-state index contributed by atoms with van der Waals surface area (Å²) in [4.78, 5) is 13.7. The zero-order valence-electron chi connectivity index (χ0n) is 9.78. The second-order valence-corrected chi connectivity index (χ2v) is 4.84. The van der Waals surface area contributed by atoms with E-state index in [1.54, 1.807) is 30.1 Å². The van der Waals surface area contributed by atoms with Crippen LogP contribution in [0.15, 0.2) is 18.2 Å². The Labute approximate surface area is 111 Å². The third kappa shape index (κ3) is 3.96. The molecule has 0 aliphatic carbocycles. The molecule has 3 nitrogen and oxygen atoms in total. The van der Waals surface area contributed by atoms with Crippen LogP contribution < -0.4 is 0 Å². The van der Waals surface area contributed by atoms with Crippen LogP contribution in [-0.4, -0.2) is 42.0 Å². The van der Waals surface area contributed by atoms with Gasteiger partial charge in [0.25, 0.3) is 0 Å². The molecule has 94 valence electrons. The lowest BCUT2D eigenvalue weighted by Crippen LogP contribution is -2.36. The Bertz CT molecular complexity index is 409. The monoisotopic (exact) mass is 275 g/mol. The molecule has 0 aliphatic rings. The van der Waals surface area contributed by atoms with E-state index in [-0.39, 0.29) is 25.0 Å². The number of aliphatic hydroxyl groups excluding tert-OH is 1. The van der Waals surface area contributed by atoms with E-state index in [1.165, 1.54) is 0 Å². The van der Waals surface area contributed by atoms with Crippen LogP contribution in [0.5, 0.6) is 0 Å². The van der Waals surface area contributed by atoms with Crippen molar-refractivity contribution in [3.8, 4) is 0 Å². The first kappa shape index (κ1) is 14.5. The van der Waals surface area contributed by atoms with E-state index in [2.05, 4.69) is 0 Å². The Kier molecular flexibility index (Phi) is 5.40. The molecule has 0 aromatic heterocycles. The summed E-state index contributed by atoms with van der Waals surface area (Å²) < 4.78 is 0. The average molecular weight is 276 g/mol. The van der Waals surface area contributed by atoms with Gasteiger partial charge in [-0.25, -0.2) is 0 Å². The van der Waals surface area contributed by atoms with Crippen molar-refractivity contribution in [2.24, 2.45) is 0 Å². The Morgan fingerprint density at radius 3 is 2.71 bits per heavy atom. The Morgan fingerprint density at radius 1 is 1.47 bits per heavy atom. The summed E-state index contributed by atoms with van der Waals surface area (Å²) in [5, 5.41) is 9.86. The Balaban J connectivity index is 2.79. The van der Waals surface area contributed by atoms with Crippen LogP contribution in [-0.2, 0) is 0 Å². The van der Waals surface area contributed by atoms with Gasteiger partial charge in [0.05, 0.1) is 18.2 Å². The zero-order valence-corrected chi connectivity index (χ0v) is 11.3. The first-order chi connectivity index (χ1) is 7.95. The molecule has 1 rings (SSSR count). The van der Waals surface area contributed by atoms with Gasteiger partial charge in [-0.05, 0) is 32.2 Å². The highest BCUT2D eigenvalue weighted by Gasteiger charge is 2.16. The molecule has 0 spiro atoms. The van der Waals surface area contributed by atoms with Crippen LogP contribution in [0, 0.1) is 0 Å². The molecule has 0 aliphatic heterocycles. The molecular weight excluding hydrogens is 261 g/mol. The van der Waals surface area contributed by atoms with E-state index < -0.39 is 0 Å². The molecule has 0 bridgehead atoms. The summed E-state index contributed by atoms with van der Waals surface area (Å²) in [6.45, 7) is 2.04. The van der Waals surface area contributed by atoms with Gasteiger partial charge in [-0.3, -0.25) is 9.69 Å². The molecule has 17 heavy (non-hydrogen) atoms. The number of rotatable bonds is 5. The lowest BCUT2D eigenvalue weighted by Gasteiger charge is -2.22. The van der Waals surface area contributed by atoms with Gasteiger partial charge >= 0.3 is 0 Å². The number of benzene rings is 1. The van der Waals surface area contributed by atoms with Crippen molar-refractivity contribution >= 4 is 29.0 Å². The largest absolute Gasteiger partial charge is 0.395 e. The lowest BCUT2D eigenvalue weighted by molar-refractivity contribution is 0.0890. The fourth-order valence-corrected chi connectivity index (χ4v) is 1.71. The van der Waals surface area contributed by atoms with Gasteiger partial charge in [-0.15, -0.1) is 0 Å². The van der Waals surface area contributed by atoms with Crippen LogP contribution in [0.2, 0.25) is 10.0 Å². The van der Waals surface area contributed by atoms with Gasteiger partial charge in [-0.1, -0.05) is 23.2 Å². The number of Topliss-reactive ketones (excluding diaryl/α,β-unsaturated/α-hetero) is 1. The predicted octanol–water partition coefficient (Wildman–Crippen LogP) is 2.49. The van der Waals surface area contributed by atoms with Crippen molar-refractivity contribution in [2.45, 2.75) is 13.0 Å². The minimum Gasteiger partial charge on any atom is -0.395 e. The summed E-state index contributed by atoms with van der Waals surface area (Å²) in [6.07, 6.45) is 0. The first-order valence-electron chi connectivity index (χ1n) is 5.25. The van der Waals surface area contributed by atoms with E-state index in [0.717, 1.165) is 0 Å². The highest BCUT2D eigenvalue weighted by molar-refractivity contribution is 6.36. The number of halogens is 2. The molecule has 1 aromatic carbocycles. The minimum atomic E-state index is -0.111. The number of hydrogen-bond donors (Lipinski definition) is 1. The number of aliphatic hydroxyl groups is 1. The standard InChI is InChI=1S/C12H15Cl2NO2/c1-8(7-16)15(2)6-12(17)10-5-9(13)3-4-11(10)14/h3-5,8,16H,6-7H2,1-2H3. The van der Waals surface area contributed by atoms with Gasteiger partial charge in [0.1, 0.15) is 0 Å². The molecule has 0 saturated heterocycles. The smallest absolute Gasteiger partial charge is 0.178 e. The lowest BCUT2D eigenvalue weighted by atomic mass is 10.1. The number of carbonyl (C=O) groups excluding carboxylic acids is 1. The molecule has 1 aromatic rings. The van der Waals surface area contributed by atoms with E-state index in [1.807, 2.05) is 6.92 Å². The quantitative estimate of drug-likeness (QED) is 0.840. The third-order valence-electron chi connectivity index (χ3n) is 2.64. The van der Waals surface area contributed by atoms with Gasteiger partial charge in [0.2, 0.25) is 0 Å². The Morgan fingerprint density at radius 2 is 2.12 bits per heavy atom. The van der Waals surface area contributed by atoms with E-state index >= 15 is 0 Å². The van der Waals surface area contributed by atoms with E-state index in [4.69, 9.17) is 28.3 Å². The second-order valence-electron chi connectivity index (χ2n) is 3.99. The third-order valence-corrected chi connectivity index (χ3v) is 3.20. The SMILES string of the molecule is CC(CO)N(C)CC(=O)c1cc(Cl)ccc1Cl. The number of nitrogens with zero attached hydrogens (tertiary/aromatic N) is 1. The van der Waals surface area contributed by atoms with Crippen molar-refractivity contribution in [3.63, 3.8) is 0 Å². The molecule has 0 fully saturated rings. The summed E-state index contributed by atoms with van der Waals surface area (Å²) >= 11 is 11.8. The van der Waals surface area contributed by atoms with Crippen molar-refractivity contribution < 1.29 is 9.90 Å². The van der Waals surface area contributed by atoms with Crippen LogP contribution in [0.1, 0.15) is 17.3 Å². The molecule has 1 unspecified atom stereocenters. The van der Waals surface area contributed by atoms with Crippen molar-refractivity contribution in [1.82, 2.24) is 4.90 Å². The summed E-state index contributed by atoms with van der Waals surface area (Å²) in [7, 11) is 1.78. The van der Waals surface area contributed by atoms with Gasteiger partial charge in [-0.2, -0.15) is 0 Å². The fraction of sp³-hybridized carbons (Fsp3) is 0.417. The van der Waals surface area contributed by atoms with Crippen molar-refractivity contribution in [2.75, 3.05) is 20.2 Å². The molecule has 0 heterocycles. The molecule has 0 saturated carbocycles. The number of likely N-dealkylation sites (N-methyl/N-ethyl adjacent to an activating group) is 1. The normalized spacial score (nSPS) is 12.8. The predicted molar refractivity (Wildman–Crippen MR) is 70.0 cm³/mol. The van der Waals surface area contributed by atoms with Crippen LogP contribution in [0.4, 0.5) is 0 Å². The summed E-state index contributed by atoms with van der Waals surface area (Å²) in [6, 6.07) is 4.73. The average Bonchev–Trinajstić information content (AvgIpc) is 2.30. The van der Waals surface area contributed by atoms with Crippen LogP contribution in [0.25, 0.3) is 0 Å². The molecule has 0 amide bonds. The van der Waals surface area contributed by atoms with Crippen LogP contribution >= 0.6 is 23.2 Å². The highest BCUT2D eigenvalue weighted by Crippen LogP contribution is 2.21. The molecule has 1 N–H and O–H groups in total. The van der Waals surface area contributed by atoms with Gasteiger partial charge in [0, 0.05) is 16.6 Å². The molecule has 5 heteroatoms. The maximum absolute atomic E-state index is 12.0. The van der Waals surface area contributed by atoms with Crippen molar-refractivity contribution in [3.05, 3.63) is 33.8 Å². The highest BCUT2D eigenvalue weighted by atomic mass is 35.5. The summed E-state index contributed by atoms with van der Waals surface area (Å²) in [5.41, 5.74) is 0.413. The van der Waals surface area contributed by atoms with E-state index in [9.17, 15) is 4.79 Å². The first-order valence-corrected chi connectivity index (χ1v) is 6.00. The Hall–Kier alpha value is -0.610. The minimum absolute atomic E-state index is 0.00700. The maximum atomic E-state index is 12.0. The number of hydrogen-bond acceptors (Lipinski definition) is 3. The van der Waals surface area contributed by atoms with Crippen LogP contribution in [0.3, 0.4) is 0 Å². The zero-order chi connectivity index (χ0) is 13.0. The molecule has 1 atom stereocenters. The fourth-order valence-electron chi connectivity index (χ4n) is 1.32. The maximum Gasteiger partial charge on any atom is 0.178 e. The van der Waals surface area contributed by atoms with Gasteiger partial charge < -0.3 is 5.11 Å². The molecule has 0 radical (unpaired) electrons. The van der Waals surface area contributed by atoms with Crippen molar-refractivity contribution in [1.29, 1.82) is 0 Å². The topological polar surface area (TPSA) is 40.5 Å². The number of carbonyl (C=O) groups is 1. The molecular formula is C12H15Cl2NO2. The number of ketones is 1. The van der Waals surface area contributed by atoms with E-state index in [0.29, 0.717) is 15.6 Å².